The first-order valence-electron chi connectivity index (χ1n) is 10.9. The standard InChI is InChI=1S/C23H35N5O/c1-5-20(28-18-9-7-6-8-10-18)22(29-4)15-27-23-19(11-16(2)12-26-23)21-14-24-17(3)13-25-21/h11-14,18,20,22,28H,5-10,15H2,1-4H3,(H,26,27). The summed E-state index contributed by atoms with van der Waals surface area (Å²) < 4.78 is 5.87. The fraction of sp³-hybridized carbons (Fsp3) is 0.609. The summed E-state index contributed by atoms with van der Waals surface area (Å²) in [5, 5.41) is 7.36. The van der Waals surface area contributed by atoms with Crippen LogP contribution in [0.1, 0.15) is 56.7 Å². The Hall–Kier alpha value is -2.05. The molecule has 0 saturated heterocycles. The van der Waals surface area contributed by atoms with Gasteiger partial charge in [0.1, 0.15) is 5.82 Å². The second-order valence-electron chi connectivity index (χ2n) is 8.12. The first-order valence-corrected chi connectivity index (χ1v) is 10.9. The van der Waals surface area contributed by atoms with Crippen LogP contribution < -0.4 is 10.6 Å². The summed E-state index contributed by atoms with van der Waals surface area (Å²) in [5.41, 5.74) is 3.81. The molecule has 29 heavy (non-hydrogen) atoms. The van der Waals surface area contributed by atoms with Gasteiger partial charge in [0.2, 0.25) is 0 Å². The Bertz CT molecular complexity index is 758. The molecule has 6 heteroatoms. The fourth-order valence-electron chi connectivity index (χ4n) is 4.08. The number of rotatable bonds is 9. The molecule has 0 aromatic carbocycles. The highest BCUT2D eigenvalue weighted by atomic mass is 16.5. The van der Waals surface area contributed by atoms with Gasteiger partial charge in [0.05, 0.1) is 23.7 Å². The van der Waals surface area contributed by atoms with Gasteiger partial charge in [-0.25, -0.2) is 4.98 Å². The zero-order valence-corrected chi connectivity index (χ0v) is 18.2. The highest BCUT2D eigenvalue weighted by Gasteiger charge is 2.24. The van der Waals surface area contributed by atoms with E-state index in [1.54, 1.807) is 13.3 Å². The molecular formula is C23H35N5O. The predicted molar refractivity (Wildman–Crippen MR) is 118 cm³/mol. The van der Waals surface area contributed by atoms with Gasteiger partial charge in [-0.05, 0) is 44.7 Å². The molecule has 158 valence electrons. The SMILES string of the molecule is CCC(NC1CCCCC1)C(CNc1ncc(C)cc1-c1cnc(C)cn1)OC. The van der Waals surface area contributed by atoms with Crippen molar-refractivity contribution in [3.8, 4) is 11.3 Å². The number of hydrogen-bond donors (Lipinski definition) is 2. The maximum Gasteiger partial charge on any atom is 0.135 e. The van der Waals surface area contributed by atoms with E-state index in [0.29, 0.717) is 18.6 Å². The maximum atomic E-state index is 5.87. The third-order valence-corrected chi connectivity index (χ3v) is 5.80. The molecule has 2 N–H and O–H groups in total. The summed E-state index contributed by atoms with van der Waals surface area (Å²) in [6, 6.07) is 3.04. The van der Waals surface area contributed by atoms with Crippen molar-refractivity contribution in [3.05, 3.63) is 35.9 Å². The van der Waals surface area contributed by atoms with Gasteiger partial charge >= 0.3 is 0 Å². The molecule has 2 unspecified atom stereocenters. The van der Waals surface area contributed by atoms with Gasteiger partial charge in [-0.15, -0.1) is 0 Å². The van der Waals surface area contributed by atoms with Crippen LogP contribution in [0.25, 0.3) is 11.3 Å². The highest BCUT2D eigenvalue weighted by molar-refractivity contribution is 5.72. The van der Waals surface area contributed by atoms with E-state index in [1.165, 1.54) is 32.1 Å². The van der Waals surface area contributed by atoms with Gasteiger partial charge in [-0.1, -0.05) is 26.2 Å². The van der Waals surface area contributed by atoms with Crippen molar-refractivity contribution in [3.63, 3.8) is 0 Å². The van der Waals surface area contributed by atoms with E-state index in [4.69, 9.17) is 4.74 Å². The van der Waals surface area contributed by atoms with E-state index < -0.39 is 0 Å². The van der Waals surface area contributed by atoms with Crippen molar-refractivity contribution < 1.29 is 4.74 Å². The molecule has 1 aliphatic carbocycles. The summed E-state index contributed by atoms with van der Waals surface area (Å²) in [6.45, 7) is 6.90. The number of anilines is 1. The zero-order chi connectivity index (χ0) is 20.6. The van der Waals surface area contributed by atoms with Crippen LogP contribution in [0.15, 0.2) is 24.7 Å². The summed E-state index contributed by atoms with van der Waals surface area (Å²) in [7, 11) is 1.80. The molecule has 0 radical (unpaired) electrons. The van der Waals surface area contributed by atoms with Crippen molar-refractivity contribution in [1.29, 1.82) is 0 Å². The van der Waals surface area contributed by atoms with Crippen LogP contribution in [-0.4, -0.2) is 46.8 Å². The Morgan fingerprint density at radius 3 is 2.52 bits per heavy atom. The van der Waals surface area contributed by atoms with Crippen LogP contribution in [0.2, 0.25) is 0 Å². The summed E-state index contributed by atoms with van der Waals surface area (Å²) in [6.07, 6.45) is 13.2. The van der Waals surface area contributed by atoms with Crippen LogP contribution in [0.5, 0.6) is 0 Å². The molecule has 2 aromatic heterocycles. The molecule has 1 fully saturated rings. The van der Waals surface area contributed by atoms with Gasteiger partial charge in [0.25, 0.3) is 0 Å². The van der Waals surface area contributed by atoms with Crippen LogP contribution in [0.4, 0.5) is 5.82 Å². The lowest BCUT2D eigenvalue weighted by Crippen LogP contribution is -2.49. The topological polar surface area (TPSA) is 72.0 Å². The zero-order valence-electron chi connectivity index (χ0n) is 18.2. The minimum Gasteiger partial charge on any atom is -0.378 e. The average molecular weight is 398 g/mol. The predicted octanol–water partition coefficient (Wildman–Crippen LogP) is 4.28. The molecule has 0 bridgehead atoms. The van der Waals surface area contributed by atoms with Gasteiger partial charge in [0, 0.05) is 43.7 Å². The van der Waals surface area contributed by atoms with Gasteiger partial charge in [-0.3, -0.25) is 9.97 Å². The van der Waals surface area contributed by atoms with Crippen molar-refractivity contribution in [2.45, 2.75) is 77.5 Å². The fourth-order valence-corrected chi connectivity index (χ4v) is 4.08. The molecule has 3 rings (SSSR count). The number of aromatic nitrogens is 3. The highest BCUT2D eigenvalue weighted by Crippen LogP contribution is 2.25. The van der Waals surface area contributed by atoms with E-state index in [1.807, 2.05) is 26.2 Å². The molecule has 2 aromatic rings. The molecular weight excluding hydrogens is 362 g/mol. The first kappa shape index (κ1) is 21.7. The van der Waals surface area contributed by atoms with E-state index in [-0.39, 0.29) is 6.10 Å². The first-order chi connectivity index (χ1) is 14.1. The minimum absolute atomic E-state index is 0.0713. The van der Waals surface area contributed by atoms with Crippen molar-refractivity contribution in [2.75, 3.05) is 19.0 Å². The van der Waals surface area contributed by atoms with E-state index in [0.717, 1.165) is 34.8 Å². The van der Waals surface area contributed by atoms with Crippen molar-refractivity contribution >= 4 is 5.82 Å². The lowest BCUT2D eigenvalue weighted by molar-refractivity contribution is 0.0699. The van der Waals surface area contributed by atoms with E-state index in [2.05, 4.69) is 38.6 Å². The van der Waals surface area contributed by atoms with Gasteiger partial charge in [-0.2, -0.15) is 0 Å². The van der Waals surface area contributed by atoms with Crippen LogP contribution in [0.3, 0.4) is 0 Å². The number of nitrogens with one attached hydrogen (secondary N) is 2. The average Bonchev–Trinajstić information content (AvgIpc) is 2.75. The van der Waals surface area contributed by atoms with E-state index in [9.17, 15) is 0 Å². The number of hydrogen-bond acceptors (Lipinski definition) is 6. The second-order valence-corrected chi connectivity index (χ2v) is 8.12. The quantitative estimate of drug-likeness (QED) is 0.658. The van der Waals surface area contributed by atoms with Crippen LogP contribution in [0, 0.1) is 13.8 Å². The summed E-state index contributed by atoms with van der Waals surface area (Å²) in [5.74, 6) is 0.823. The van der Waals surface area contributed by atoms with Crippen molar-refractivity contribution in [1.82, 2.24) is 20.3 Å². The second kappa shape index (κ2) is 10.6. The lowest BCUT2D eigenvalue weighted by atomic mass is 9.94. The Morgan fingerprint density at radius 2 is 1.86 bits per heavy atom. The number of nitrogens with zero attached hydrogens (tertiary/aromatic N) is 3. The third-order valence-electron chi connectivity index (χ3n) is 5.80. The molecule has 1 aliphatic rings. The Morgan fingerprint density at radius 1 is 1.07 bits per heavy atom. The lowest BCUT2D eigenvalue weighted by Gasteiger charge is -2.32. The maximum absolute atomic E-state index is 5.87. The summed E-state index contributed by atoms with van der Waals surface area (Å²) in [4.78, 5) is 13.6. The number of pyridine rings is 1. The monoisotopic (exact) mass is 397 g/mol. The molecule has 1 saturated carbocycles. The summed E-state index contributed by atoms with van der Waals surface area (Å²) >= 11 is 0. The molecule has 6 nitrogen and oxygen atoms in total. The van der Waals surface area contributed by atoms with Gasteiger partial charge in [0.15, 0.2) is 0 Å². The largest absolute Gasteiger partial charge is 0.378 e. The minimum atomic E-state index is 0.0713. The normalized spacial score (nSPS) is 17.1. The third kappa shape index (κ3) is 5.97. The Balaban J connectivity index is 1.70. The molecule has 2 heterocycles. The number of ether oxygens (including phenoxy) is 1. The van der Waals surface area contributed by atoms with Gasteiger partial charge < -0.3 is 15.4 Å². The number of aryl methyl sites for hydroxylation is 2. The molecule has 0 spiro atoms. The van der Waals surface area contributed by atoms with Crippen molar-refractivity contribution in [2.24, 2.45) is 0 Å². The van der Waals surface area contributed by atoms with Crippen LogP contribution >= 0.6 is 0 Å². The molecule has 0 aliphatic heterocycles. The smallest absolute Gasteiger partial charge is 0.135 e. The molecule has 0 amide bonds. The Labute approximate surface area is 174 Å². The van der Waals surface area contributed by atoms with E-state index >= 15 is 0 Å². The molecule has 2 atom stereocenters. The Kier molecular flexibility index (Phi) is 7.95. The van der Waals surface area contributed by atoms with Crippen LogP contribution in [-0.2, 0) is 4.74 Å². The number of methoxy groups -OCH3 is 1.